The molecule has 0 aromatic heterocycles. The zero-order valence-corrected chi connectivity index (χ0v) is 11.6. The normalized spacial score (nSPS) is 35.4. The second-order valence-electron chi connectivity index (χ2n) is 6.28. The zero-order valence-electron chi connectivity index (χ0n) is 11.6. The van der Waals surface area contributed by atoms with Gasteiger partial charge in [0, 0.05) is 12.6 Å². The van der Waals surface area contributed by atoms with Crippen molar-refractivity contribution in [1.82, 2.24) is 10.2 Å². The molecule has 3 aliphatic heterocycles. The molecule has 0 aromatic carbocycles. The van der Waals surface area contributed by atoms with E-state index >= 15 is 0 Å². The van der Waals surface area contributed by atoms with Crippen LogP contribution >= 0.6 is 0 Å². The van der Waals surface area contributed by atoms with Crippen molar-refractivity contribution in [3.05, 3.63) is 0 Å². The largest absolute Gasteiger partial charge is 0.456 e. The van der Waals surface area contributed by atoms with Gasteiger partial charge in [0.05, 0.1) is 6.42 Å². The van der Waals surface area contributed by atoms with Crippen molar-refractivity contribution in [2.24, 2.45) is 5.92 Å². The number of carbonyl (C=O) groups excluding carboxylic acids is 1. The third-order valence-corrected chi connectivity index (χ3v) is 4.82. The topological polar surface area (TPSA) is 41.6 Å². The predicted octanol–water partition coefficient (Wildman–Crippen LogP) is 1.40. The number of esters is 1. The second kappa shape index (κ2) is 5.56. The Bertz CT molecular complexity index is 364. The van der Waals surface area contributed by atoms with Crippen molar-refractivity contribution in [2.75, 3.05) is 26.2 Å². The summed E-state index contributed by atoms with van der Waals surface area (Å²) in [7, 11) is 0. The lowest BCUT2D eigenvalue weighted by atomic mass is 9.88. The minimum Gasteiger partial charge on any atom is -0.456 e. The number of nitrogens with one attached hydrogen (secondary N) is 1. The third kappa shape index (κ3) is 2.96. The van der Waals surface area contributed by atoms with Crippen LogP contribution in [0.4, 0.5) is 8.78 Å². The molecule has 3 heterocycles. The van der Waals surface area contributed by atoms with E-state index in [0.717, 1.165) is 32.5 Å². The molecule has 4 nitrogen and oxygen atoms in total. The van der Waals surface area contributed by atoms with E-state index in [0.29, 0.717) is 18.5 Å². The molecule has 6 heteroatoms. The average molecular weight is 288 g/mol. The van der Waals surface area contributed by atoms with Gasteiger partial charge in [-0.25, -0.2) is 4.79 Å². The second-order valence-corrected chi connectivity index (χ2v) is 6.28. The summed E-state index contributed by atoms with van der Waals surface area (Å²) in [5.74, 6) is -3.93. The molecule has 3 saturated heterocycles. The van der Waals surface area contributed by atoms with Crippen LogP contribution in [0.25, 0.3) is 0 Å². The molecule has 3 fully saturated rings. The number of ether oxygens (including phenoxy) is 1. The zero-order chi connectivity index (χ0) is 14.2. The third-order valence-electron chi connectivity index (χ3n) is 4.82. The number of piperidine rings is 1. The number of halogens is 2. The summed E-state index contributed by atoms with van der Waals surface area (Å²) in [5.41, 5.74) is 0. The Kier molecular flexibility index (Phi) is 3.95. The Hall–Kier alpha value is -0.750. The SMILES string of the molecule is O=C1OC(CN2CCC(C3CCCN3)CC2)CC1(F)F. The molecule has 1 N–H and O–H groups in total. The van der Waals surface area contributed by atoms with Crippen LogP contribution in [0.15, 0.2) is 0 Å². The Labute approximate surface area is 117 Å². The molecule has 2 atom stereocenters. The van der Waals surface area contributed by atoms with E-state index in [9.17, 15) is 13.6 Å². The number of hydrogen-bond acceptors (Lipinski definition) is 4. The molecule has 0 saturated carbocycles. The molecule has 0 aliphatic carbocycles. The van der Waals surface area contributed by atoms with Gasteiger partial charge in [-0.3, -0.25) is 4.90 Å². The summed E-state index contributed by atoms with van der Waals surface area (Å²) >= 11 is 0. The maximum atomic E-state index is 13.1. The number of alkyl halides is 2. The van der Waals surface area contributed by atoms with Gasteiger partial charge in [0.2, 0.25) is 0 Å². The van der Waals surface area contributed by atoms with Crippen molar-refractivity contribution in [3.63, 3.8) is 0 Å². The van der Waals surface area contributed by atoms with E-state index in [1.54, 1.807) is 0 Å². The number of likely N-dealkylation sites (tertiary alicyclic amines) is 1. The molecule has 3 rings (SSSR count). The molecule has 2 unspecified atom stereocenters. The minimum absolute atomic E-state index is 0.451. The lowest BCUT2D eigenvalue weighted by Gasteiger charge is -2.35. The average Bonchev–Trinajstić information content (AvgIpc) is 3.00. The first-order chi connectivity index (χ1) is 9.54. The minimum atomic E-state index is -3.28. The van der Waals surface area contributed by atoms with Gasteiger partial charge in [0.15, 0.2) is 0 Å². The maximum absolute atomic E-state index is 13.1. The van der Waals surface area contributed by atoms with Crippen molar-refractivity contribution >= 4 is 5.97 Å². The highest BCUT2D eigenvalue weighted by Gasteiger charge is 2.51. The fourth-order valence-corrected chi connectivity index (χ4v) is 3.69. The van der Waals surface area contributed by atoms with Gasteiger partial charge in [0.25, 0.3) is 0 Å². The summed E-state index contributed by atoms with van der Waals surface area (Å²) in [6.45, 7) is 3.41. The Morgan fingerprint density at radius 2 is 2.05 bits per heavy atom. The van der Waals surface area contributed by atoms with Gasteiger partial charge >= 0.3 is 11.9 Å². The summed E-state index contributed by atoms with van der Waals surface area (Å²) in [5, 5.41) is 3.54. The molecule has 3 aliphatic rings. The molecule has 0 radical (unpaired) electrons. The van der Waals surface area contributed by atoms with Gasteiger partial charge in [-0.2, -0.15) is 8.78 Å². The van der Waals surface area contributed by atoms with Gasteiger partial charge < -0.3 is 10.1 Å². The highest BCUT2D eigenvalue weighted by Crippen LogP contribution is 2.32. The summed E-state index contributed by atoms with van der Waals surface area (Å²) in [6.07, 6.45) is 3.63. The van der Waals surface area contributed by atoms with Crippen molar-refractivity contribution in [1.29, 1.82) is 0 Å². The van der Waals surface area contributed by atoms with Crippen LogP contribution in [-0.4, -0.2) is 55.1 Å². The Balaban J connectivity index is 1.44. The summed E-state index contributed by atoms with van der Waals surface area (Å²) in [6, 6.07) is 0.644. The van der Waals surface area contributed by atoms with E-state index in [4.69, 9.17) is 4.74 Å². The van der Waals surface area contributed by atoms with E-state index in [2.05, 4.69) is 10.2 Å². The highest BCUT2D eigenvalue weighted by atomic mass is 19.3. The fourth-order valence-electron chi connectivity index (χ4n) is 3.69. The first kappa shape index (κ1) is 14.2. The number of carbonyl (C=O) groups is 1. The first-order valence-corrected chi connectivity index (χ1v) is 7.59. The standard InChI is InChI=1S/C14H22F2N2O2/c15-14(16)8-11(20-13(14)19)9-18-6-3-10(4-7-18)12-2-1-5-17-12/h10-12,17H,1-9H2. The lowest BCUT2D eigenvalue weighted by Crippen LogP contribution is -2.43. The molecule has 114 valence electrons. The van der Waals surface area contributed by atoms with Gasteiger partial charge in [-0.15, -0.1) is 0 Å². The van der Waals surface area contributed by atoms with Crippen LogP contribution in [0.2, 0.25) is 0 Å². The smallest absolute Gasteiger partial charge is 0.377 e. The first-order valence-electron chi connectivity index (χ1n) is 7.59. The van der Waals surface area contributed by atoms with Crippen LogP contribution in [0.3, 0.4) is 0 Å². The Morgan fingerprint density at radius 1 is 1.30 bits per heavy atom. The monoisotopic (exact) mass is 288 g/mol. The van der Waals surface area contributed by atoms with E-state index in [-0.39, 0.29) is 0 Å². The molecule has 0 spiro atoms. The van der Waals surface area contributed by atoms with Gasteiger partial charge in [-0.1, -0.05) is 0 Å². The molecule has 0 amide bonds. The predicted molar refractivity (Wildman–Crippen MR) is 69.6 cm³/mol. The number of rotatable bonds is 3. The molecular weight excluding hydrogens is 266 g/mol. The highest BCUT2D eigenvalue weighted by molar-refractivity contribution is 5.79. The number of hydrogen-bond donors (Lipinski definition) is 1. The van der Waals surface area contributed by atoms with Crippen LogP contribution in [-0.2, 0) is 9.53 Å². The number of nitrogens with zero attached hydrogens (tertiary/aromatic N) is 1. The molecule has 20 heavy (non-hydrogen) atoms. The summed E-state index contributed by atoms with van der Waals surface area (Å²) in [4.78, 5) is 13.1. The van der Waals surface area contributed by atoms with Gasteiger partial charge in [0.1, 0.15) is 6.10 Å². The van der Waals surface area contributed by atoms with E-state index in [1.165, 1.54) is 12.8 Å². The van der Waals surface area contributed by atoms with Crippen LogP contribution in [0.1, 0.15) is 32.1 Å². The molecule has 0 aromatic rings. The molecular formula is C14H22F2N2O2. The van der Waals surface area contributed by atoms with Crippen LogP contribution in [0.5, 0.6) is 0 Å². The van der Waals surface area contributed by atoms with E-state index in [1.807, 2.05) is 0 Å². The number of cyclic esters (lactones) is 1. The molecule has 0 bridgehead atoms. The van der Waals surface area contributed by atoms with Crippen molar-refractivity contribution in [3.8, 4) is 0 Å². The lowest BCUT2D eigenvalue weighted by molar-refractivity contribution is -0.159. The van der Waals surface area contributed by atoms with Gasteiger partial charge in [-0.05, 0) is 51.2 Å². The maximum Gasteiger partial charge on any atom is 0.377 e. The van der Waals surface area contributed by atoms with Crippen molar-refractivity contribution in [2.45, 2.75) is 50.2 Å². The fraction of sp³-hybridized carbons (Fsp3) is 0.929. The quantitative estimate of drug-likeness (QED) is 0.797. The van der Waals surface area contributed by atoms with Crippen LogP contribution < -0.4 is 5.32 Å². The van der Waals surface area contributed by atoms with Crippen molar-refractivity contribution < 1.29 is 18.3 Å². The summed E-state index contributed by atoms with van der Waals surface area (Å²) < 4.78 is 31.0. The van der Waals surface area contributed by atoms with E-state index < -0.39 is 24.4 Å². The Morgan fingerprint density at radius 3 is 2.60 bits per heavy atom. The van der Waals surface area contributed by atoms with Crippen LogP contribution in [0, 0.1) is 5.92 Å².